The number of aromatic amines is 1. The molecule has 94 valence electrons. The first-order valence-corrected chi connectivity index (χ1v) is 6.69. The lowest BCUT2D eigenvalue weighted by Gasteiger charge is -2.02. The lowest BCUT2D eigenvalue weighted by Crippen LogP contribution is -2.07. The van der Waals surface area contributed by atoms with Crippen LogP contribution in [0.15, 0.2) is 30.6 Å². The summed E-state index contributed by atoms with van der Waals surface area (Å²) >= 11 is 3.12. The maximum Gasteiger partial charge on any atom is 0.200 e. The predicted octanol–water partition coefficient (Wildman–Crippen LogP) is 2.04. The standard InChI is InChI=1S/C12H13BrN4O/c13-7-11(18)10-8-16-12(17-10)15-6-4-9-3-1-2-5-14-9/h1-3,5,8H,4,6-7H2,(H2,15,16,17). The number of rotatable bonds is 6. The van der Waals surface area contributed by atoms with Crippen LogP contribution < -0.4 is 5.32 Å². The fourth-order valence-electron chi connectivity index (χ4n) is 1.48. The van der Waals surface area contributed by atoms with E-state index in [2.05, 4.69) is 36.2 Å². The average molecular weight is 309 g/mol. The third-order valence-electron chi connectivity index (χ3n) is 2.40. The molecule has 0 aliphatic heterocycles. The SMILES string of the molecule is O=C(CBr)c1cnc(NCCc2ccccn2)[nH]1. The van der Waals surface area contributed by atoms with Crippen molar-refractivity contribution in [2.45, 2.75) is 6.42 Å². The summed E-state index contributed by atoms with van der Waals surface area (Å²) in [6, 6.07) is 5.83. The lowest BCUT2D eigenvalue weighted by atomic mass is 10.3. The van der Waals surface area contributed by atoms with Gasteiger partial charge in [0.05, 0.1) is 11.5 Å². The molecule has 0 radical (unpaired) electrons. The lowest BCUT2D eigenvalue weighted by molar-refractivity contribution is 0.101. The van der Waals surface area contributed by atoms with Gasteiger partial charge < -0.3 is 10.3 Å². The number of carbonyl (C=O) groups is 1. The van der Waals surface area contributed by atoms with Crippen LogP contribution in [0.4, 0.5) is 5.95 Å². The van der Waals surface area contributed by atoms with Crippen molar-refractivity contribution in [1.82, 2.24) is 15.0 Å². The van der Waals surface area contributed by atoms with E-state index in [1.807, 2.05) is 18.2 Å². The molecule has 0 atom stereocenters. The number of alkyl halides is 1. The Kier molecular flexibility index (Phi) is 4.46. The number of carbonyl (C=O) groups excluding carboxylic acids is 1. The van der Waals surface area contributed by atoms with Crippen LogP contribution in [0.3, 0.4) is 0 Å². The zero-order valence-corrected chi connectivity index (χ0v) is 11.3. The van der Waals surface area contributed by atoms with E-state index in [0.29, 0.717) is 23.5 Å². The van der Waals surface area contributed by atoms with Crippen LogP contribution in [-0.4, -0.2) is 32.6 Å². The minimum absolute atomic E-state index is 0.0136. The molecule has 2 N–H and O–H groups in total. The number of hydrogen-bond acceptors (Lipinski definition) is 4. The van der Waals surface area contributed by atoms with Crippen LogP contribution in [0.1, 0.15) is 16.2 Å². The first kappa shape index (κ1) is 12.8. The first-order valence-electron chi connectivity index (χ1n) is 5.57. The van der Waals surface area contributed by atoms with Gasteiger partial charge in [-0.05, 0) is 12.1 Å². The molecule has 0 unspecified atom stereocenters. The van der Waals surface area contributed by atoms with Crippen LogP contribution >= 0.6 is 15.9 Å². The Bertz CT molecular complexity index is 512. The molecular weight excluding hydrogens is 296 g/mol. The minimum Gasteiger partial charge on any atom is -0.355 e. The number of imidazole rings is 1. The maximum atomic E-state index is 11.4. The van der Waals surface area contributed by atoms with Gasteiger partial charge in [-0.1, -0.05) is 22.0 Å². The van der Waals surface area contributed by atoms with Crippen LogP contribution in [0.2, 0.25) is 0 Å². The molecule has 0 saturated carbocycles. The molecular formula is C12H13BrN4O. The number of nitrogens with one attached hydrogen (secondary N) is 2. The van der Waals surface area contributed by atoms with Gasteiger partial charge in [-0.2, -0.15) is 0 Å². The fourth-order valence-corrected chi connectivity index (χ4v) is 1.78. The molecule has 0 aliphatic carbocycles. The molecule has 0 bridgehead atoms. The Balaban J connectivity index is 1.84. The molecule has 2 heterocycles. The number of Topliss-reactive ketones (excluding diaryl/α,β-unsaturated/α-hetero) is 1. The smallest absolute Gasteiger partial charge is 0.200 e. The van der Waals surface area contributed by atoms with Crippen molar-refractivity contribution in [2.75, 3.05) is 17.2 Å². The summed E-state index contributed by atoms with van der Waals surface area (Å²) in [7, 11) is 0. The van der Waals surface area contributed by atoms with Crippen molar-refractivity contribution in [3.05, 3.63) is 42.0 Å². The predicted molar refractivity (Wildman–Crippen MR) is 73.1 cm³/mol. The van der Waals surface area contributed by atoms with E-state index in [0.717, 1.165) is 12.1 Å². The van der Waals surface area contributed by atoms with Gasteiger partial charge in [0.15, 0.2) is 5.78 Å². The Hall–Kier alpha value is -1.69. The molecule has 2 rings (SSSR count). The summed E-state index contributed by atoms with van der Waals surface area (Å²) in [4.78, 5) is 22.6. The van der Waals surface area contributed by atoms with Crippen LogP contribution in [0, 0.1) is 0 Å². The van der Waals surface area contributed by atoms with E-state index in [9.17, 15) is 4.79 Å². The molecule has 0 aliphatic rings. The van der Waals surface area contributed by atoms with Crippen molar-refractivity contribution >= 4 is 27.7 Å². The van der Waals surface area contributed by atoms with E-state index < -0.39 is 0 Å². The van der Waals surface area contributed by atoms with E-state index in [1.165, 1.54) is 6.20 Å². The van der Waals surface area contributed by atoms with Crippen LogP contribution in [0.25, 0.3) is 0 Å². The number of ketones is 1. The Labute approximate surface area is 113 Å². The van der Waals surface area contributed by atoms with Gasteiger partial charge in [-0.3, -0.25) is 9.78 Å². The number of pyridine rings is 1. The van der Waals surface area contributed by atoms with Gasteiger partial charge in [-0.25, -0.2) is 4.98 Å². The van der Waals surface area contributed by atoms with Crippen molar-refractivity contribution in [3.63, 3.8) is 0 Å². The van der Waals surface area contributed by atoms with Crippen LogP contribution in [-0.2, 0) is 6.42 Å². The highest BCUT2D eigenvalue weighted by Gasteiger charge is 2.07. The average Bonchev–Trinajstić information content (AvgIpc) is 2.88. The van der Waals surface area contributed by atoms with Gasteiger partial charge in [0.2, 0.25) is 5.95 Å². The fraction of sp³-hybridized carbons (Fsp3) is 0.250. The quantitative estimate of drug-likeness (QED) is 0.633. The molecule has 0 spiro atoms. The highest BCUT2D eigenvalue weighted by Crippen LogP contribution is 2.05. The van der Waals surface area contributed by atoms with Gasteiger partial charge in [0.25, 0.3) is 0 Å². The second kappa shape index (κ2) is 6.30. The summed E-state index contributed by atoms with van der Waals surface area (Å²) in [5.74, 6) is 0.593. The molecule has 5 nitrogen and oxygen atoms in total. The summed E-state index contributed by atoms with van der Waals surface area (Å²) in [6.07, 6.45) is 4.12. The van der Waals surface area contributed by atoms with Gasteiger partial charge >= 0.3 is 0 Å². The van der Waals surface area contributed by atoms with Gasteiger partial charge in [0.1, 0.15) is 5.69 Å². The molecule has 0 fully saturated rings. The van der Waals surface area contributed by atoms with Crippen molar-refractivity contribution < 1.29 is 4.79 Å². The molecule has 0 aromatic carbocycles. The second-order valence-electron chi connectivity index (χ2n) is 3.70. The summed E-state index contributed by atoms with van der Waals surface area (Å²) in [6.45, 7) is 0.715. The summed E-state index contributed by atoms with van der Waals surface area (Å²) < 4.78 is 0. The largest absolute Gasteiger partial charge is 0.355 e. The highest BCUT2D eigenvalue weighted by atomic mass is 79.9. The van der Waals surface area contributed by atoms with Crippen molar-refractivity contribution in [2.24, 2.45) is 0 Å². The van der Waals surface area contributed by atoms with E-state index in [4.69, 9.17) is 0 Å². The third kappa shape index (κ3) is 3.40. The van der Waals surface area contributed by atoms with Crippen LogP contribution in [0.5, 0.6) is 0 Å². The summed E-state index contributed by atoms with van der Waals surface area (Å²) in [5.41, 5.74) is 1.53. The first-order chi connectivity index (χ1) is 8.79. The number of H-pyrrole nitrogens is 1. The normalized spacial score (nSPS) is 10.3. The zero-order valence-electron chi connectivity index (χ0n) is 9.69. The Morgan fingerprint density at radius 1 is 1.39 bits per heavy atom. The maximum absolute atomic E-state index is 11.4. The van der Waals surface area contributed by atoms with Crippen molar-refractivity contribution in [3.8, 4) is 0 Å². The molecule has 6 heteroatoms. The summed E-state index contributed by atoms with van der Waals surface area (Å²) in [5, 5.41) is 3.41. The van der Waals surface area contributed by atoms with E-state index >= 15 is 0 Å². The second-order valence-corrected chi connectivity index (χ2v) is 4.26. The van der Waals surface area contributed by atoms with E-state index in [-0.39, 0.29) is 5.78 Å². The molecule has 0 amide bonds. The van der Waals surface area contributed by atoms with E-state index in [1.54, 1.807) is 6.20 Å². The topological polar surface area (TPSA) is 70.7 Å². The highest BCUT2D eigenvalue weighted by molar-refractivity contribution is 9.09. The molecule has 2 aromatic rings. The van der Waals surface area contributed by atoms with Gasteiger partial charge in [0, 0.05) is 24.9 Å². The third-order valence-corrected chi connectivity index (χ3v) is 2.91. The number of halogens is 1. The zero-order chi connectivity index (χ0) is 12.8. The Morgan fingerprint density at radius 3 is 3.00 bits per heavy atom. The minimum atomic E-state index is -0.0136. The monoisotopic (exact) mass is 308 g/mol. The molecule has 18 heavy (non-hydrogen) atoms. The number of nitrogens with zero attached hydrogens (tertiary/aromatic N) is 2. The van der Waals surface area contributed by atoms with Crippen molar-refractivity contribution in [1.29, 1.82) is 0 Å². The number of anilines is 1. The number of aromatic nitrogens is 3. The molecule has 0 saturated heterocycles. The van der Waals surface area contributed by atoms with Gasteiger partial charge in [-0.15, -0.1) is 0 Å². The Morgan fingerprint density at radius 2 is 2.28 bits per heavy atom. The number of hydrogen-bond donors (Lipinski definition) is 2. The molecule has 2 aromatic heterocycles.